The van der Waals surface area contributed by atoms with Crippen molar-refractivity contribution in [3.8, 4) is 0 Å². The van der Waals surface area contributed by atoms with E-state index in [9.17, 15) is 43.2 Å². The maximum Gasteiger partial charge on any atom is 0.472 e. The van der Waals surface area contributed by atoms with E-state index in [1.165, 1.54) is 218 Å². The molecule has 94 heavy (non-hydrogen) atoms. The van der Waals surface area contributed by atoms with E-state index in [-0.39, 0.29) is 25.7 Å². The highest BCUT2D eigenvalue weighted by molar-refractivity contribution is 7.47. The highest BCUT2D eigenvalue weighted by Gasteiger charge is 2.30. The average Bonchev–Trinajstić information content (AvgIpc) is 1.74. The second-order valence-corrected chi connectivity index (χ2v) is 30.2. The van der Waals surface area contributed by atoms with Gasteiger partial charge in [-0.05, 0) is 31.6 Å². The monoisotopic (exact) mass is 1380 g/mol. The van der Waals surface area contributed by atoms with Crippen LogP contribution < -0.4 is 0 Å². The van der Waals surface area contributed by atoms with Crippen molar-refractivity contribution in [2.45, 2.75) is 412 Å². The van der Waals surface area contributed by atoms with Crippen LogP contribution in [0.3, 0.4) is 0 Å². The molecule has 0 heterocycles. The highest BCUT2D eigenvalue weighted by atomic mass is 31.2. The Hall–Kier alpha value is -1.94. The maximum atomic E-state index is 13.1. The van der Waals surface area contributed by atoms with E-state index < -0.39 is 97.5 Å². The fourth-order valence-electron chi connectivity index (χ4n) is 11.5. The molecule has 0 spiro atoms. The lowest BCUT2D eigenvalue weighted by Crippen LogP contribution is -2.30. The molecular formula is C75H146O17P2. The van der Waals surface area contributed by atoms with Crippen molar-refractivity contribution in [3.05, 3.63) is 0 Å². The Morgan fingerprint density at radius 1 is 0.298 bits per heavy atom. The molecule has 0 aromatic carbocycles. The fraction of sp³-hybridized carbons (Fsp3) is 0.947. The molecule has 0 aromatic heterocycles. The summed E-state index contributed by atoms with van der Waals surface area (Å²) in [4.78, 5) is 72.8. The van der Waals surface area contributed by atoms with E-state index in [0.717, 1.165) is 95.8 Å². The molecule has 0 aliphatic carbocycles. The minimum absolute atomic E-state index is 0.108. The summed E-state index contributed by atoms with van der Waals surface area (Å²) in [6.07, 6.45) is 56.6. The van der Waals surface area contributed by atoms with Gasteiger partial charge in [-0.1, -0.05) is 343 Å². The summed E-state index contributed by atoms with van der Waals surface area (Å²) in [5, 5.41) is 10.6. The molecule has 0 aromatic rings. The van der Waals surface area contributed by atoms with Gasteiger partial charge in [0.05, 0.1) is 26.4 Å². The molecule has 0 saturated heterocycles. The Morgan fingerprint density at radius 2 is 0.511 bits per heavy atom. The molecule has 3 unspecified atom stereocenters. The lowest BCUT2D eigenvalue weighted by Gasteiger charge is -2.21. The van der Waals surface area contributed by atoms with Crippen LogP contribution in [0, 0.1) is 5.92 Å². The quantitative estimate of drug-likeness (QED) is 0.0222. The number of aliphatic hydroxyl groups is 1. The van der Waals surface area contributed by atoms with Gasteiger partial charge in [-0.2, -0.15) is 0 Å². The molecule has 19 heteroatoms. The van der Waals surface area contributed by atoms with Gasteiger partial charge in [0.2, 0.25) is 0 Å². The van der Waals surface area contributed by atoms with Crippen molar-refractivity contribution in [2.75, 3.05) is 39.6 Å². The van der Waals surface area contributed by atoms with Crippen LogP contribution in [-0.4, -0.2) is 96.7 Å². The smallest absolute Gasteiger partial charge is 0.462 e. The van der Waals surface area contributed by atoms with Crippen LogP contribution in [0.1, 0.15) is 394 Å². The van der Waals surface area contributed by atoms with E-state index in [1.54, 1.807) is 0 Å². The van der Waals surface area contributed by atoms with Gasteiger partial charge in [-0.15, -0.1) is 0 Å². The van der Waals surface area contributed by atoms with Gasteiger partial charge < -0.3 is 33.8 Å². The summed E-state index contributed by atoms with van der Waals surface area (Å²) in [6.45, 7) is 7.34. The lowest BCUT2D eigenvalue weighted by molar-refractivity contribution is -0.161. The van der Waals surface area contributed by atoms with Crippen molar-refractivity contribution >= 4 is 39.5 Å². The first-order valence-corrected chi connectivity index (χ1v) is 42.2. The van der Waals surface area contributed by atoms with Crippen LogP contribution >= 0.6 is 15.6 Å². The van der Waals surface area contributed by atoms with Crippen LogP contribution in [0.5, 0.6) is 0 Å². The third kappa shape index (κ3) is 67.3. The first kappa shape index (κ1) is 92.1. The first-order valence-electron chi connectivity index (χ1n) is 39.2. The standard InChI is InChI=1S/C75H146O17P2/c1-6-10-13-16-19-22-25-33-38-43-48-53-58-72(77)85-64-70(91-74(79)60-55-50-45-40-35-27-24-21-18-15-12-8-3)66-89-93(81,82)87-62-69(76)63-88-94(83,84)90-67-71(65-86-73(78)59-54-49-44-39-34-26-23-20-17-14-11-7-2)92-75(80)61-56-51-46-41-36-31-29-28-30-32-37-42-47-52-57-68(5)9-4/h68-71,76H,6-67H2,1-5H3,(H,81,82)(H,83,84)/t68?,69-,70+,71+/m0/s1. The number of phosphoric ester groups is 2. The Bertz CT molecular complexity index is 1810. The molecule has 17 nitrogen and oxygen atoms in total. The molecule has 0 saturated carbocycles. The van der Waals surface area contributed by atoms with Gasteiger partial charge in [-0.3, -0.25) is 37.3 Å². The zero-order chi connectivity index (χ0) is 69.1. The van der Waals surface area contributed by atoms with Crippen LogP contribution in [0.2, 0.25) is 0 Å². The Kier molecular flexibility index (Phi) is 66.8. The van der Waals surface area contributed by atoms with E-state index in [2.05, 4.69) is 34.6 Å². The molecule has 0 amide bonds. The van der Waals surface area contributed by atoms with Gasteiger partial charge in [0.25, 0.3) is 0 Å². The average molecular weight is 1380 g/mol. The molecule has 558 valence electrons. The zero-order valence-corrected chi connectivity index (χ0v) is 62.9. The van der Waals surface area contributed by atoms with E-state index in [4.69, 9.17) is 37.0 Å². The Morgan fingerprint density at radius 3 is 0.755 bits per heavy atom. The number of unbranched alkanes of at least 4 members (excludes halogenated alkanes) is 46. The third-order valence-corrected chi connectivity index (χ3v) is 19.8. The topological polar surface area (TPSA) is 237 Å². The minimum Gasteiger partial charge on any atom is -0.462 e. The summed E-state index contributed by atoms with van der Waals surface area (Å²) in [5.74, 6) is -1.27. The van der Waals surface area contributed by atoms with Crippen LogP contribution in [0.25, 0.3) is 0 Å². The molecule has 0 aliphatic heterocycles. The molecule has 0 radical (unpaired) electrons. The largest absolute Gasteiger partial charge is 0.472 e. The summed E-state index contributed by atoms with van der Waals surface area (Å²) in [5.41, 5.74) is 0. The van der Waals surface area contributed by atoms with Crippen LogP contribution in [0.4, 0.5) is 0 Å². The number of carbonyl (C=O) groups excluding carboxylic acids is 4. The summed E-state index contributed by atoms with van der Waals surface area (Å²) < 4.78 is 68.5. The number of ether oxygens (including phenoxy) is 4. The lowest BCUT2D eigenvalue weighted by atomic mass is 9.99. The third-order valence-electron chi connectivity index (χ3n) is 17.9. The van der Waals surface area contributed by atoms with Crippen LogP contribution in [0.15, 0.2) is 0 Å². The van der Waals surface area contributed by atoms with Gasteiger partial charge >= 0.3 is 39.5 Å². The summed E-state index contributed by atoms with van der Waals surface area (Å²) in [6, 6.07) is 0. The van der Waals surface area contributed by atoms with Gasteiger partial charge in [-0.25, -0.2) is 9.13 Å². The SMILES string of the molecule is CCCCCCCCCCCCCCC(=O)OC[C@H](COP(=O)(O)OC[C@H](O)COP(=O)(O)OC[C@@H](COC(=O)CCCCCCCCCCCCCC)OC(=O)CCCCCCCCCCCCCCCCC(C)CC)OC(=O)CCCCCCCCCCCCCC. The van der Waals surface area contributed by atoms with E-state index in [1.807, 2.05) is 0 Å². The normalized spacial score (nSPS) is 14.3. The molecule has 0 bridgehead atoms. The number of carbonyl (C=O) groups is 4. The molecule has 0 rings (SSSR count). The van der Waals surface area contributed by atoms with Crippen LogP contribution in [-0.2, 0) is 65.4 Å². The molecule has 6 atom stereocenters. The zero-order valence-electron chi connectivity index (χ0n) is 61.1. The number of phosphoric acid groups is 2. The second-order valence-electron chi connectivity index (χ2n) is 27.3. The fourth-order valence-corrected chi connectivity index (χ4v) is 13.1. The number of esters is 4. The maximum absolute atomic E-state index is 13.1. The van der Waals surface area contributed by atoms with E-state index >= 15 is 0 Å². The second kappa shape index (κ2) is 68.2. The molecule has 3 N–H and O–H groups in total. The van der Waals surface area contributed by atoms with Crippen molar-refractivity contribution in [2.24, 2.45) is 5.92 Å². The molecular weight excluding hydrogens is 1230 g/mol. The minimum atomic E-state index is -4.95. The molecule has 0 fully saturated rings. The highest BCUT2D eigenvalue weighted by Crippen LogP contribution is 2.45. The summed E-state index contributed by atoms with van der Waals surface area (Å²) >= 11 is 0. The number of aliphatic hydroxyl groups excluding tert-OH is 1. The summed E-state index contributed by atoms with van der Waals surface area (Å²) in [7, 11) is -9.91. The number of rotatable bonds is 75. The number of hydrogen-bond donors (Lipinski definition) is 3. The Balaban J connectivity index is 5.24. The first-order chi connectivity index (χ1) is 45.6. The Labute approximate surface area is 575 Å². The van der Waals surface area contributed by atoms with Gasteiger partial charge in [0.1, 0.15) is 19.3 Å². The predicted molar refractivity (Wildman–Crippen MR) is 382 cm³/mol. The van der Waals surface area contributed by atoms with Crippen molar-refractivity contribution in [1.82, 2.24) is 0 Å². The molecule has 0 aliphatic rings. The van der Waals surface area contributed by atoms with Crippen molar-refractivity contribution in [3.63, 3.8) is 0 Å². The van der Waals surface area contributed by atoms with Crippen molar-refractivity contribution < 1.29 is 80.2 Å². The van der Waals surface area contributed by atoms with Gasteiger partial charge in [0.15, 0.2) is 12.2 Å². The van der Waals surface area contributed by atoms with E-state index in [0.29, 0.717) is 25.7 Å². The van der Waals surface area contributed by atoms with Gasteiger partial charge in [0, 0.05) is 25.7 Å². The van der Waals surface area contributed by atoms with Crippen molar-refractivity contribution in [1.29, 1.82) is 0 Å². The predicted octanol–water partition coefficient (Wildman–Crippen LogP) is 22.1. The number of hydrogen-bond acceptors (Lipinski definition) is 15.